The van der Waals surface area contributed by atoms with Crippen LogP contribution in [0.3, 0.4) is 0 Å². The summed E-state index contributed by atoms with van der Waals surface area (Å²) in [6, 6.07) is 6.65. The minimum atomic E-state index is 0.0705. The molecular weight excluding hydrogens is 312 g/mol. The van der Waals surface area contributed by atoms with E-state index < -0.39 is 0 Å². The summed E-state index contributed by atoms with van der Waals surface area (Å²) in [5, 5.41) is 13.6. The molecule has 0 aliphatic rings. The highest BCUT2D eigenvalue weighted by atomic mass is 79.9. The van der Waals surface area contributed by atoms with Crippen molar-refractivity contribution in [1.29, 1.82) is 0 Å². The fourth-order valence-corrected chi connectivity index (χ4v) is 1.90. The highest BCUT2D eigenvalue weighted by molar-refractivity contribution is 9.10. The van der Waals surface area contributed by atoms with Gasteiger partial charge in [0, 0.05) is 10.7 Å². The molecule has 19 heavy (non-hydrogen) atoms. The van der Waals surface area contributed by atoms with E-state index in [1.165, 1.54) is 6.33 Å². The summed E-state index contributed by atoms with van der Waals surface area (Å²) < 4.78 is 5.95. The minimum absolute atomic E-state index is 0.0705. The number of hydrogen-bond acceptors (Lipinski definition) is 6. The molecule has 0 atom stereocenters. The number of phenols is 1. The molecule has 1 aromatic carbocycles. The molecule has 0 amide bonds. The highest BCUT2D eigenvalue weighted by Crippen LogP contribution is 2.31. The van der Waals surface area contributed by atoms with Gasteiger partial charge < -0.3 is 9.63 Å². The molecule has 3 rings (SSSR count). The van der Waals surface area contributed by atoms with Crippen LogP contribution in [0.4, 0.5) is 0 Å². The Morgan fingerprint density at radius 1 is 1.21 bits per heavy atom. The van der Waals surface area contributed by atoms with Crippen molar-refractivity contribution in [2.75, 3.05) is 0 Å². The number of aromatic hydroxyl groups is 1. The molecule has 2 aromatic heterocycles. The summed E-state index contributed by atoms with van der Waals surface area (Å²) in [5.74, 6) is 0.644. The van der Waals surface area contributed by atoms with Crippen LogP contribution in [0.1, 0.15) is 0 Å². The third-order valence-electron chi connectivity index (χ3n) is 2.43. The summed E-state index contributed by atoms with van der Waals surface area (Å²) in [6.45, 7) is 0. The van der Waals surface area contributed by atoms with Gasteiger partial charge in [0.2, 0.25) is 5.82 Å². The third-order valence-corrected chi connectivity index (χ3v) is 2.92. The standard InChI is InChI=1S/C12H7BrN4O2/c13-7-1-2-10(18)8(5-7)12-16-11(17-19-12)9-3-4-14-6-15-9/h1-6,18H. The zero-order valence-corrected chi connectivity index (χ0v) is 11.1. The van der Waals surface area contributed by atoms with Gasteiger partial charge in [-0.05, 0) is 24.3 Å². The lowest BCUT2D eigenvalue weighted by atomic mass is 10.2. The summed E-state index contributed by atoms with van der Waals surface area (Å²) in [4.78, 5) is 12.0. The zero-order valence-electron chi connectivity index (χ0n) is 9.49. The second kappa shape index (κ2) is 4.77. The van der Waals surface area contributed by atoms with Crippen molar-refractivity contribution in [2.24, 2.45) is 0 Å². The van der Waals surface area contributed by atoms with Gasteiger partial charge in [-0.15, -0.1) is 0 Å². The number of benzene rings is 1. The van der Waals surface area contributed by atoms with Gasteiger partial charge in [-0.2, -0.15) is 4.98 Å². The maximum Gasteiger partial charge on any atom is 0.262 e. The Morgan fingerprint density at radius 3 is 2.89 bits per heavy atom. The van der Waals surface area contributed by atoms with Crippen molar-refractivity contribution < 1.29 is 9.63 Å². The fourth-order valence-electron chi connectivity index (χ4n) is 1.54. The Morgan fingerprint density at radius 2 is 2.11 bits per heavy atom. The average molecular weight is 319 g/mol. The molecular formula is C12H7BrN4O2. The number of phenolic OH excluding ortho intramolecular Hbond substituents is 1. The Kier molecular flexibility index (Phi) is 2.96. The van der Waals surface area contributed by atoms with Crippen LogP contribution in [0, 0.1) is 0 Å². The largest absolute Gasteiger partial charge is 0.507 e. The number of halogens is 1. The molecule has 0 bridgehead atoms. The molecule has 3 aromatic rings. The third kappa shape index (κ3) is 2.32. The van der Waals surface area contributed by atoms with Crippen molar-refractivity contribution in [3.63, 3.8) is 0 Å². The zero-order chi connectivity index (χ0) is 13.2. The normalized spacial score (nSPS) is 10.6. The van der Waals surface area contributed by atoms with Gasteiger partial charge in [0.15, 0.2) is 0 Å². The predicted octanol–water partition coefficient (Wildman–Crippen LogP) is 2.66. The second-order valence-electron chi connectivity index (χ2n) is 3.68. The molecule has 0 spiro atoms. The van der Waals surface area contributed by atoms with E-state index in [0.717, 1.165) is 4.47 Å². The van der Waals surface area contributed by atoms with E-state index in [9.17, 15) is 5.11 Å². The molecule has 0 radical (unpaired) electrons. The maximum absolute atomic E-state index is 9.79. The first-order valence-corrected chi connectivity index (χ1v) is 6.12. The summed E-state index contributed by atoms with van der Waals surface area (Å²) in [6.07, 6.45) is 3.00. The SMILES string of the molecule is Oc1ccc(Br)cc1-c1nc(-c2ccncn2)no1. The van der Waals surface area contributed by atoms with Crippen LogP contribution in [-0.2, 0) is 0 Å². The number of rotatable bonds is 2. The van der Waals surface area contributed by atoms with Crippen molar-refractivity contribution >= 4 is 15.9 Å². The molecule has 0 fully saturated rings. The van der Waals surface area contributed by atoms with Gasteiger partial charge >= 0.3 is 0 Å². The van der Waals surface area contributed by atoms with Gasteiger partial charge in [-0.3, -0.25) is 0 Å². The predicted molar refractivity (Wildman–Crippen MR) is 70.1 cm³/mol. The van der Waals surface area contributed by atoms with Crippen LogP contribution < -0.4 is 0 Å². The molecule has 0 unspecified atom stereocenters. The number of aromatic nitrogens is 4. The topological polar surface area (TPSA) is 84.9 Å². The van der Waals surface area contributed by atoms with Crippen LogP contribution >= 0.6 is 15.9 Å². The van der Waals surface area contributed by atoms with Crippen molar-refractivity contribution in [2.45, 2.75) is 0 Å². The van der Waals surface area contributed by atoms with Crippen LogP contribution in [0.15, 0.2) is 45.8 Å². The maximum atomic E-state index is 9.79. The Balaban J connectivity index is 2.04. The molecule has 6 nitrogen and oxygen atoms in total. The van der Waals surface area contributed by atoms with Crippen LogP contribution in [0.2, 0.25) is 0 Å². The van der Waals surface area contributed by atoms with E-state index in [2.05, 4.69) is 36.0 Å². The van der Waals surface area contributed by atoms with Crippen LogP contribution in [0.5, 0.6) is 5.75 Å². The van der Waals surface area contributed by atoms with Gasteiger partial charge in [0.05, 0.1) is 5.56 Å². The van der Waals surface area contributed by atoms with Gasteiger partial charge in [0.25, 0.3) is 5.89 Å². The van der Waals surface area contributed by atoms with E-state index in [0.29, 0.717) is 17.1 Å². The summed E-state index contributed by atoms with van der Waals surface area (Å²) >= 11 is 3.32. The first-order chi connectivity index (χ1) is 9.24. The molecule has 7 heteroatoms. The van der Waals surface area contributed by atoms with E-state index in [4.69, 9.17) is 4.52 Å². The lowest BCUT2D eigenvalue weighted by Crippen LogP contribution is -1.86. The van der Waals surface area contributed by atoms with Gasteiger partial charge in [-0.25, -0.2) is 9.97 Å². The smallest absolute Gasteiger partial charge is 0.262 e. The van der Waals surface area contributed by atoms with Crippen molar-refractivity contribution in [3.05, 3.63) is 41.3 Å². The first kappa shape index (κ1) is 11.8. The quantitative estimate of drug-likeness (QED) is 0.781. The molecule has 0 aliphatic heterocycles. The highest BCUT2D eigenvalue weighted by Gasteiger charge is 2.14. The molecule has 94 valence electrons. The fraction of sp³-hybridized carbons (Fsp3) is 0. The van der Waals surface area contributed by atoms with Crippen LogP contribution in [0.25, 0.3) is 23.0 Å². The minimum Gasteiger partial charge on any atom is -0.507 e. The van der Waals surface area contributed by atoms with E-state index in [-0.39, 0.29) is 11.6 Å². The average Bonchev–Trinajstić information content (AvgIpc) is 2.92. The molecule has 0 saturated carbocycles. The van der Waals surface area contributed by atoms with Crippen LogP contribution in [-0.4, -0.2) is 25.2 Å². The molecule has 0 aliphatic carbocycles. The molecule has 1 N–H and O–H groups in total. The van der Waals surface area contributed by atoms with E-state index in [1.807, 2.05) is 0 Å². The van der Waals surface area contributed by atoms with Gasteiger partial charge in [0.1, 0.15) is 17.8 Å². The summed E-state index contributed by atoms with van der Waals surface area (Å²) in [5.41, 5.74) is 1.02. The number of nitrogens with zero attached hydrogens (tertiary/aromatic N) is 4. The number of hydrogen-bond donors (Lipinski definition) is 1. The molecule has 2 heterocycles. The lowest BCUT2D eigenvalue weighted by molar-refractivity contribution is 0.425. The van der Waals surface area contributed by atoms with Crippen molar-refractivity contribution in [3.8, 4) is 28.7 Å². The van der Waals surface area contributed by atoms with E-state index >= 15 is 0 Å². The molecule has 0 saturated heterocycles. The Hall–Kier alpha value is -2.28. The Bertz CT molecular complexity index is 715. The second-order valence-corrected chi connectivity index (χ2v) is 4.59. The van der Waals surface area contributed by atoms with E-state index in [1.54, 1.807) is 30.5 Å². The summed E-state index contributed by atoms with van der Waals surface area (Å²) in [7, 11) is 0. The monoisotopic (exact) mass is 318 g/mol. The first-order valence-electron chi connectivity index (χ1n) is 5.33. The van der Waals surface area contributed by atoms with Gasteiger partial charge in [-0.1, -0.05) is 21.1 Å². The van der Waals surface area contributed by atoms with Crippen molar-refractivity contribution in [1.82, 2.24) is 20.1 Å². The lowest BCUT2D eigenvalue weighted by Gasteiger charge is -1.99. The Labute approximate surface area is 116 Å².